The maximum absolute atomic E-state index is 11.9. The quantitative estimate of drug-likeness (QED) is 0.838. The molecule has 0 amide bonds. The fourth-order valence-electron chi connectivity index (χ4n) is 2.03. The van der Waals surface area contributed by atoms with E-state index in [2.05, 4.69) is 14.7 Å². The molecule has 0 fully saturated rings. The van der Waals surface area contributed by atoms with Crippen LogP contribution in [0.15, 0.2) is 30.3 Å². The second kappa shape index (κ2) is 7.41. The normalized spacial score (nSPS) is 11.3. The predicted molar refractivity (Wildman–Crippen MR) is 90.3 cm³/mol. The lowest BCUT2D eigenvalue weighted by molar-refractivity contribution is 0.439. The first-order chi connectivity index (χ1) is 10.9. The van der Waals surface area contributed by atoms with Crippen LogP contribution in [0.2, 0.25) is 0 Å². The number of unbranched alkanes of at least 4 members (excludes halogenated alkanes) is 1. The van der Waals surface area contributed by atoms with Gasteiger partial charge in [-0.05, 0) is 38.5 Å². The Labute approximate surface area is 137 Å². The summed E-state index contributed by atoms with van der Waals surface area (Å²) in [4.78, 5) is 8.40. The number of sulfonamides is 1. The van der Waals surface area contributed by atoms with Crippen LogP contribution in [0.25, 0.3) is 0 Å². The maximum Gasteiger partial charge on any atom is 0.322 e. The highest BCUT2D eigenvalue weighted by atomic mass is 32.2. The van der Waals surface area contributed by atoms with Crippen molar-refractivity contribution in [2.45, 2.75) is 33.6 Å². The summed E-state index contributed by atoms with van der Waals surface area (Å²) in [6.45, 7) is 5.67. The first-order valence-corrected chi connectivity index (χ1v) is 9.14. The molecule has 1 N–H and O–H groups in total. The number of rotatable bonds is 7. The lowest BCUT2D eigenvalue weighted by Crippen LogP contribution is -2.16. The summed E-state index contributed by atoms with van der Waals surface area (Å²) in [5.74, 6) is 0.583. The summed E-state index contributed by atoms with van der Waals surface area (Å²) in [7, 11) is -3.34. The highest BCUT2D eigenvalue weighted by Crippen LogP contribution is 2.23. The molecule has 2 rings (SSSR count). The summed E-state index contributed by atoms with van der Waals surface area (Å²) < 4.78 is 32.1. The number of hydrogen-bond acceptors (Lipinski definition) is 5. The van der Waals surface area contributed by atoms with Gasteiger partial charge in [0.05, 0.1) is 11.4 Å². The van der Waals surface area contributed by atoms with Crippen LogP contribution in [0.5, 0.6) is 11.8 Å². The Morgan fingerprint density at radius 1 is 1.13 bits per heavy atom. The second-order valence-corrected chi connectivity index (χ2v) is 7.18. The van der Waals surface area contributed by atoms with Crippen LogP contribution in [0.4, 0.5) is 5.69 Å². The van der Waals surface area contributed by atoms with Crippen LogP contribution >= 0.6 is 0 Å². The number of aryl methyl sites for hydroxylation is 2. The first kappa shape index (κ1) is 17.2. The summed E-state index contributed by atoms with van der Waals surface area (Å²) in [5, 5.41) is 0. The second-order valence-electron chi connectivity index (χ2n) is 5.34. The van der Waals surface area contributed by atoms with Crippen molar-refractivity contribution in [3.05, 3.63) is 41.7 Å². The smallest absolute Gasteiger partial charge is 0.322 e. The molecule has 1 heterocycles. The van der Waals surface area contributed by atoms with E-state index in [0.717, 1.165) is 17.8 Å². The zero-order valence-electron chi connectivity index (χ0n) is 13.5. The topological polar surface area (TPSA) is 81.2 Å². The van der Waals surface area contributed by atoms with Crippen LogP contribution < -0.4 is 9.46 Å². The molecule has 0 atom stereocenters. The minimum absolute atomic E-state index is 0.106. The molecule has 1 aromatic heterocycles. The summed E-state index contributed by atoms with van der Waals surface area (Å²) >= 11 is 0. The van der Waals surface area contributed by atoms with Crippen molar-refractivity contribution >= 4 is 15.7 Å². The molecule has 0 spiro atoms. The average molecular weight is 335 g/mol. The molecule has 0 unspecified atom stereocenters. The molecular weight excluding hydrogens is 314 g/mol. The summed E-state index contributed by atoms with van der Waals surface area (Å²) in [6.07, 6.45) is 1.45. The van der Waals surface area contributed by atoms with E-state index in [1.807, 2.05) is 26.8 Å². The van der Waals surface area contributed by atoms with Crippen molar-refractivity contribution in [3.8, 4) is 11.8 Å². The van der Waals surface area contributed by atoms with E-state index in [0.29, 0.717) is 17.9 Å². The van der Waals surface area contributed by atoms with Crippen LogP contribution in [-0.4, -0.2) is 24.1 Å². The number of ether oxygens (including phenoxy) is 1. The molecule has 0 aliphatic rings. The number of nitrogens with one attached hydrogen (secondary N) is 1. The molecule has 0 bridgehead atoms. The highest BCUT2D eigenvalue weighted by molar-refractivity contribution is 7.92. The lowest BCUT2D eigenvalue weighted by atomic mass is 10.3. The molecule has 0 aliphatic heterocycles. The highest BCUT2D eigenvalue weighted by Gasteiger charge is 2.10. The van der Waals surface area contributed by atoms with Crippen LogP contribution in [0, 0.1) is 13.8 Å². The molecule has 6 nitrogen and oxygen atoms in total. The molecule has 0 saturated heterocycles. The Hall–Kier alpha value is -2.15. The Kier molecular flexibility index (Phi) is 5.54. The third kappa shape index (κ3) is 5.52. The van der Waals surface area contributed by atoms with Gasteiger partial charge in [-0.1, -0.05) is 19.4 Å². The van der Waals surface area contributed by atoms with E-state index in [1.165, 1.54) is 0 Å². The van der Waals surface area contributed by atoms with Crippen LogP contribution in [0.1, 0.15) is 31.2 Å². The van der Waals surface area contributed by atoms with E-state index in [-0.39, 0.29) is 11.8 Å². The van der Waals surface area contributed by atoms with Gasteiger partial charge < -0.3 is 4.74 Å². The monoisotopic (exact) mass is 335 g/mol. The fourth-order valence-corrected chi connectivity index (χ4v) is 3.29. The Bertz CT molecular complexity index is 756. The van der Waals surface area contributed by atoms with Crippen molar-refractivity contribution in [1.29, 1.82) is 0 Å². The Balaban J connectivity index is 2.13. The van der Waals surface area contributed by atoms with Gasteiger partial charge in [0.2, 0.25) is 10.0 Å². The summed E-state index contributed by atoms with van der Waals surface area (Å²) in [6, 6.07) is 8.84. The summed E-state index contributed by atoms with van der Waals surface area (Å²) in [5.41, 5.74) is 2.08. The molecule has 23 heavy (non-hydrogen) atoms. The van der Waals surface area contributed by atoms with E-state index in [9.17, 15) is 8.42 Å². The third-order valence-electron chi connectivity index (χ3n) is 3.04. The van der Waals surface area contributed by atoms with Gasteiger partial charge in [-0.25, -0.2) is 18.4 Å². The van der Waals surface area contributed by atoms with Gasteiger partial charge >= 0.3 is 6.01 Å². The molecule has 2 aromatic rings. The first-order valence-electron chi connectivity index (χ1n) is 7.48. The minimum Gasteiger partial charge on any atom is -0.424 e. The number of aromatic nitrogens is 2. The Morgan fingerprint density at radius 2 is 1.83 bits per heavy atom. The van der Waals surface area contributed by atoms with Gasteiger partial charge in [-0.2, -0.15) is 0 Å². The van der Waals surface area contributed by atoms with Gasteiger partial charge in [0.1, 0.15) is 5.75 Å². The van der Waals surface area contributed by atoms with E-state index in [1.54, 1.807) is 24.3 Å². The number of anilines is 1. The Morgan fingerprint density at radius 3 is 2.48 bits per heavy atom. The molecule has 7 heteroatoms. The fraction of sp³-hybridized carbons (Fsp3) is 0.375. The van der Waals surface area contributed by atoms with Gasteiger partial charge in [0.25, 0.3) is 0 Å². The van der Waals surface area contributed by atoms with E-state index in [4.69, 9.17) is 4.74 Å². The maximum atomic E-state index is 11.9. The number of hydrogen-bond donors (Lipinski definition) is 1. The molecule has 0 aliphatic carbocycles. The molecular formula is C16H21N3O3S. The third-order valence-corrected chi connectivity index (χ3v) is 4.42. The number of benzene rings is 1. The predicted octanol–water partition coefficient (Wildman–Crippen LogP) is 3.43. The molecule has 0 saturated carbocycles. The van der Waals surface area contributed by atoms with Crippen molar-refractivity contribution in [3.63, 3.8) is 0 Å². The average Bonchev–Trinajstić information content (AvgIpc) is 2.44. The van der Waals surface area contributed by atoms with Crippen molar-refractivity contribution in [2.24, 2.45) is 0 Å². The molecule has 0 radical (unpaired) electrons. The lowest BCUT2D eigenvalue weighted by Gasteiger charge is -2.10. The van der Waals surface area contributed by atoms with Gasteiger partial charge in [-0.15, -0.1) is 0 Å². The van der Waals surface area contributed by atoms with E-state index < -0.39 is 10.0 Å². The number of nitrogens with zero attached hydrogens (tertiary/aromatic N) is 2. The van der Waals surface area contributed by atoms with Gasteiger partial charge in [0, 0.05) is 17.5 Å². The molecule has 1 aromatic carbocycles. The van der Waals surface area contributed by atoms with Gasteiger partial charge in [-0.3, -0.25) is 4.72 Å². The van der Waals surface area contributed by atoms with Crippen molar-refractivity contribution in [2.75, 3.05) is 10.5 Å². The zero-order chi connectivity index (χ0) is 16.9. The van der Waals surface area contributed by atoms with E-state index >= 15 is 0 Å². The van der Waals surface area contributed by atoms with Crippen molar-refractivity contribution in [1.82, 2.24) is 9.97 Å². The largest absolute Gasteiger partial charge is 0.424 e. The van der Waals surface area contributed by atoms with Crippen LogP contribution in [-0.2, 0) is 10.0 Å². The zero-order valence-corrected chi connectivity index (χ0v) is 14.4. The molecule has 124 valence electrons. The minimum atomic E-state index is -3.34. The van der Waals surface area contributed by atoms with Gasteiger partial charge in [0.15, 0.2) is 0 Å². The standard InChI is InChI=1S/C16H21N3O3S/c1-4-5-9-23(20,21)19-14-7-6-8-15(11-14)22-16-17-12(2)10-13(3)18-16/h6-8,10-11,19H,4-5,9H2,1-3H3. The van der Waals surface area contributed by atoms with Crippen molar-refractivity contribution < 1.29 is 13.2 Å². The SMILES string of the molecule is CCCCS(=O)(=O)Nc1cccc(Oc2nc(C)cc(C)n2)c1. The van der Waals surface area contributed by atoms with Crippen LogP contribution in [0.3, 0.4) is 0 Å².